The number of halogens is 3. The van der Waals surface area contributed by atoms with Crippen molar-refractivity contribution in [1.29, 1.82) is 0 Å². The molecule has 0 heterocycles. The van der Waals surface area contributed by atoms with Crippen LogP contribution in [0.25, 0.3) is 0 Å². The molecule has 0 spiro atoms. The number of hydrogen-bond donors (Lipinski definition) is 1. The summed E-state index contributed by atoms with van der Waals surface area (Å²) in [6.07, 6.45) is 5.56. The van der Waals surface area contributed by atoms with Gasteiger partial charge in [-0.3, -0.25) is 9.59 Å². The summed E-state index contributed by atoms with van der Waals surface area (Å²) < 4.78 is 5.87. The van der Waals surface area contributed by atoms with E-state index >= 15 is 0 Å². The lowest BCUT2D eigenvalue weighted by Crippen LogP contribution is -2.53. The largest absolute Gasteiger partial charge is 0.484 e. The quantitative estimate of drug-likeness (QED) is 0.268. The number of amides is 2. The lowest BCUT2D eigenvalue weighted by atomic mass is 9.94. The molecule has 0 aromatic heterocycles. The third kappa shape index (κ3) is 8.14. The average molecular weight is 588 g/mol. The van der Waals surface area contributed by atoms with Crippen LogP contribution in [0.5, 0.6) is 5.75 Å². The predicted molar refractivity (Wildman–Crippen MR) is 158 cm³/mol. The summed E-state index contributed by atoms with van der Waals surface area (Å²) in [4.78, 5) is 29.2. The van der Waals surface area contributed by atoms with Crippen molar-refractivity contribution in [3.63, 3.8) is 0 Å². The monoisotopic (exact) mass is 586 g/mol. The van der Waals surface area contributed by atoms with Gasteiger partial charge in [-0.1, -0.05) is 90.5 Å². The molecule has 1 saturated carbocycles. The maximum atomic E-state index is 13.9. The molecule has 1 fully saturated rings. The lowest BCUT2D eigenvalue weighted by Gasteiger charge is -2.33. The van der Waals surface area contributed by atoms with Gasteiger partial charge in [-0.05, 0) is 61.2 Å². The summed E-state index contributed by atoms with van der Waals surface area (Å²) in [5.74, 6) is -0.0184. The Morgan fingerprint density at radius 3 is 2.28 bits per heavy atom. The zero-order valence-electron chi connectivity index (χ0n) is 22.0. The van der Waals surface area contributed by atoms with E-state index in [9.17, 15) is 9.59 Å². The number of benzene rings is 3. The van der Waals surface area contributed by atoms with Crippen molar-refractivity contribution in [1.82, 2.24) is 10.2 Å². The van der Waals surface area contributed by atoms with Crippen LogP contribution in [0.3, 0.4) is 0 Å². The third-order valence-electron chi connectivity index (χ3n) is 7.10. The van der Waals surface area contributed by atoms with Gasteiger partial charge in [0.1, 0.15) is 11.8 Å². The van der Waals surface area contributed by atoms with E-state index in [0.717, 1.165) is 36.8 Å². The van der Waals surface area contributed by atoms with Gasteiger partial charge in [0.2, 0.25) is 5.91 Å². The second-order valence-corrected chi connectivity index (χ2v) is 11.2. The predicted octanol–water partition coefficient (Wildman–Crippen LogP) is 7.42. The topological polar surface area (TPSA) is 58.6 Å². The molecule has 5 nitrogen and oxygen atoms in total. The number of rotatable bonds is 10. The Morgan fingerprint density at radius 2 is 1.62 bits per heavy atom. The van der Waals surface area contributed by atoms with Gasteiger partial charge in [-0.15, -0.1) is 0 Å². The smallest absolute Gasteiger partial charge is 0.261 e. The normalized spacial score (nSPS) is 14.5. The second kappa shape index (κ2) is 14.1. The highest BCUT2D eigenvalue weighted by atomic mass is 35.5. The van der Waals surface area contributed by atoms with Crippen LogP contribution in [-0.2, 0) is 22.6 Å². The number of hydrogen-bond acceptors (Lipinski definition) is 3. The second-order valence-electron chi connectivity index (χ2n) is 9.97. The molecule has 0 radical (unpaired) electrons. The van der Waals surface area contributed by atoms with Crippen molar-refractivity contribution < 1.29 is 14.3 Å². The molecule has 0 bridgehead atoms. The number of carbonyl (C=O) groups is 2. The van der Waals surface area contributed by atoms with Gasteiger partial charge in [-0.2, -0.15) is 0 Å². The Labute approximate surface area is 245 Å². The minimum Gasteiger partial charge on any atom is -0.484 e. The zero-order chi connectivity index (χ0) is 27.8. The molecule has 2 amide bonds. The van der Waals surface area contributed by atoms with Gasteiger partial charge in [0.25, 0.3) is 5.91 Å². The van der Waals surface area contributed by atoms with Crippen LogP contribution in [0.15, 0.2) is 66.7 Å². The lowest BCUT2D eigenvalue weighted by molar-refractivity contribution is -0.143. The van der Waals surface area contributed by atoms with Gasteiger partial charge >= 0.3 is 0 Å². The van der Waals surface area contributed by atoms with Crippen LogP contribution in [0, 0.1) is 6.92 Å². The first kappa shape index (κ1) is 29.3. The number of aryl methyl sites for hydroxylation is 1. The Bertz CT molecular complexity index is 1260. The van der Waals surface area contributed by atoms with Crippen molar-refractivity contribution in [3.05, 3.63) is 98.5 Å². The molecule has 3 aromatic rings. The first-order chi connectivity index (χ1) is 18.8. The maximum absolute atomic E-state index is 13.9. The van der Waals surface area contributed by atoms with E-state index in [1.54, 1.807) is 41.3 Å². The van der Waals surface area contributed by atoms with E-state index in [0.29, 0.717) is 32.8 Å². The fraction of sp³-hybridized carbons (Fsp3) is 0.355. The fourth-order valence-electron chi connectivity index (χ4n) is 4.89. The molecule has 0 saturated heterocycles. The van der Waals surface area contributed by atoms with Gasteiger partial charge < -0.3 is 15.0 Å². The van der Waals surface area contributed by atoms with E-state index in [1.807, 2.05) is 37.3 Å². The number of nitrogens with zero attached hydrogens (tertiary/aromatic N) is 1. The number of ether oxygens (including phenoxy) is 1. The van der Waals surface area contributed by atoms with Crippen molar-refractivity contribution in [2.75, 3.05) is 6.61 Å². The first-order valence-corrected chi connectivity index (χ1v) is 14.4. The highest BCUT2D eigenvalue weighted by Crippen LogP contribution is 2.28. The highest BCUT2D eigenvalue weighted by Gasteiger charge is 2.33. The van der Waals surface area contributed by atoms with Crippen LogP contribution in [-0.4, -0.2) is 35.4 Å². The molecule has 1 aliphatic rings. The minimum atomic E-state index is -0.787. The Hall–Kier alpha value is -2.73. The standard InChI is InChI=1S/C31H33Cl3N2O3/c1-21-17-24(15-16-26(21)32)39-20-30(37)36(19-25-27(33)13-8-14-28(25)34)29(18-22-9-4-2-5-10-22)31(38)35-23-11-6-3-7-12-23/h2,4-5,8-10,13-17,23,29H,3,6-7,11-12,18-20H2,1H3,(H,35,38)/t29-/m1/s1. The van der Waals surface area contributed by atoms with Crippen LogP contribution < -0.4 is 10.1 Å². The average Bonchev–Trinajstić information content (AvgIpc) is 2.93. The van der Waals surface area contributed by atoms with Gasteiger partial charge in [0.05, 0.1) is 0 Å². The third-order valence-corrected chi connectivity index (χ3v) is 8.24. The summed E-state index contributed by atoms with van der Waals surface area (Å²) in [7, 11) is 0. The molecule has 1 N–H and O–H groups in total. The molecule has 8 heteroatoms. The molecule has 0 unspecified atom stereocenters. The molecule has 206 valence electrons. The maximum Gasteiger partial charge on any atom is 0.261 e. The summed E-state index contributed by atoms with van der Waals surface area (Å²) in [6.45, 7) is 1.68. The highest BCUT2D eigenvalue weighted by molar-refractivity contribution is 6.36. The number of carbonyl (C=O) groups excluding carboxylic acids is 2. The van der Waals surface area contributed by atoms with Crippen molar-refractivity contribution in [2.24, 2.45) is 0 Å². The molecule has 0 aliphatic heterocycles. The van der Waals surface area contributed by atoms with E-state index in [2.05, 4.69) is 5.32 Å². The van der Waals surface area contributed by atoms with E-state index in [-0.39, 0.29) is 31.0 Å². The SMILES string of the molecule is Cc1cc(OCC(=O)N(Cc2c(Cl)cccc2Cl)[C@H](Cc2ccccc2)C(=O)NC2CCCCC2)ccc1Cl. The van der Waals surface area contributed by atoms with Crippen molar-refractivity contribution >= 4 is 46.6 Å². The summed E-state index contributed by atoms with van der Waals surface area (Å²) in [6, 6.07) is 19.4. The first-order valence-electron chi connectivity index (χ1n) is 13.3. The van der Waals surface area contributed by atoms with E-state index < -0.39 is 6.04 Å². The molecule has 1 atom stereocenters. The van der Waals surface area contributed by atoms with Crippen molar-refractivity contribution in [3.8, 4) is 5.75 Å². The molecule has 39 heavy (non-hydrogen) atoms. The summed E-state index contributed by atoms with van der Waals surface area (Å²) >= 11 is 19.2. The van der Waals surface area contributed by atoms with Crippen LogP contribution in [0.2, 0.25) is 15.1 Å². The van der Waals surface area contributed by atoms with Crippen LogP contribution in [0.1, 0.15) is 48.8 Å². The van der Waals surface area contributed by atoms with Gasteiger partial charge in [-0.25, -0.2) is 0 Å². The fourth-order valence-corrected chi connectivity index (χ4v) is 5.52. The minimum absolute atomic E-state index is 0.0654. The zero-order valence-corrected chi connectivity index (χ0v) is 24.2. The van der Waals surface area contributed by atoms with Crippen LogP contribution in [0.4, 0.5) is 0 Å². The molecular formula is C31H33Cl3N2O3. The summed E-state index contributed by atoms with van der Waals surface area (Å²) in [5.41, 5.74) is 2.37. The van der Waals surface area contributed by atoms with Gasteiger partial charge in [0, 0.05) is 39.6 Å². The Balaban J connectivity index is 1.65. The Morgan fingerprint density at radius 1 is 0.923 bits per heavy atom. The Kier molecular flexibility index (Phi) is 10.6. The summed E-state index contributed by atoms with van der Waals surface area (Å²) in [5, 5.41) is 4.70. The molecule has 1 aliphatic carbocycles. The van der Waals surface area contributed by atoms with Crippen molar-refractivity contribution in [2.45, 2.75) is 64.1 Å². The molecule has 4 rings (SSSR count). The van der Waals surface area contributed by atoms with Gasteiger partial charge in [0.15, 0.2) is 6.61 Å². The number of nitrogens with one attached hydrogen (secondary N) is 1. The molecule has 3 aromatic carbocycles. The van der Waals surface area contributed by atoms with E-state index in [4.69, 9.17) is 39.5 Å². The molecular weight excluding hydrogens is 555 g/mol. The van der Waals surface area contributed by atoms with Crippen LogP contribution >= 0.6 is 34.8 Å². The van der Waals surface area contributed by atoms with E-state index in [1.165, 1.54) is 6.42 Å².